The van der Waals surface area contributed by atoms with E-state index in [0.29, 0.717) is 0 Å². The SMILES string of the molecule is CCOC(=O)C1CNc2nc(C(F)(F)F)cn2C1. The second kappa shape index (κ2) is 4.51. The number of esters is 1. The fourth-order valence-electron chi connectivity index (χ4n) is 1.77. The van der Waals surface area contributed by atoms with E-state index in [9.17, 15) is 18.0 Å². The van der Waals surface area contributed by atoms with Crippen molar-refractivity contribution in [2.24, 2.45) is 5.92 Å². The molecule has 1 aliphatic heterocycles. The third-order valence-corrected chi connectivity index (χ3v) is 2.61. The van der Waals surface area contributed by atoms with Gasteiger partial charge in [0.25, 0.3) is 0 Å². The van der Waals surface area contributed by atoms with Gasteiger partial charge < -0.3 is 14.6 Å². The molecular weight excluding hydrogens is 251 g/mol. The number of hydrogen-bond donors (Lipinski definition) is 1. The van der Waals surface area contributed by atoms with E-state index in [2.05, 4.69) is 10.3 Å². The van der Waals surface area contributed by atoms with Gasteiger partial charge in [0.1, 0.15) is 0 Å². The maximum absolute atomic E-state index is 12.5. The average molecular weight is 263 g/mol. The molecule has 0 radical (unpaired) electrons. The number of ether oxygens (including phenoxy) is 1. The number of anilines is 1. The summed E-state index contributed by atoms with van der Waals surface area (Å²) in [6, 6.07) is 0. The lowest BCUT2D eigenvalue weighted by atomic mass is 10.1. The fourth-order valence-corrected chi connectivity index (χ4v) is 1.77. The van der Waals surface area contributed by atoms with Crippen LogP contribution in [0.2, 0.25) is 0 Å². The van der Waals surface area contributed by atoms with E-state index in [4.69, 9.17) is 4.74 Å². The van der Waals surface area contributed by atoms with E-state index in [0.717, 1.165) is 6.20 Å². The van der Waals surface area contributed by atoms with Gasteiger partial charge in [-0.1, -0.05) is 0 Å². The van der Waals surface area contributed by atoms with Gasteiger partial charge in [0.05, 0.1) is 12.5 Å². The number of carbonyl (C=O) groups is 1. The first-order chi connectivity index (χ1) is 8.41. The first-order valence-corrected chi connectivity index (χ1v) is 5.46. The highest BCUT2D eigenvalue weighted by atomic mass is 19.4. The van der Waals surface area contributed by atoms with Crippen LogP contribution in [-0.4, -0.2) is 28.7 Å². The number of nitrogens with one attached hydrogen (secondary N) is 1. The van der Waals surface area contributed by atoms with Crippen LogP contribution in [0, 0.1) is 5.92 Å². The van der Waals surface area contributed by atoms with Gasteiger partial charge >= 0.3 is 12.1 Å². The van der Waals surface area contributed by atoms with Crippen LogP contribution >= 0.6 is 0 Å². The molecule has 18 heavy (non-hydrogen) atoms. The molecule has 0 aromatic carbocycles. The summed E-state index contributed by atoms with van der Waals surface area (Å²) < 4.78 is 43.5. The fraction of sp³-hybridized carbons (Fsp3) is 0.600. The molecule has 0 spiro atoms. The maximum Gasteiger partial charge on any atom is 0.434 e. The molecule has 0 saturated carbocycles. The van der Waals surface area contributed by atoms with Gasteiger partial charge in [-0.2, -0.15) is 13.2 Å². The molecule has 8 heteroatoms. The lowest BCUT2D eigenvalue weighted by Crippen LogP contribution is -2.34. The Kier molecular flexibility index (Phi) is 3.18. The van der Waals surface area contributed by atoms with Crippen LogP contribution in [0.3, 0.4) is 0 Å². The van der Waals surface area contributed by atoms with Crippen LogP contribution in [0.5, 0.6) is 0 Å². The van der Waals surface area contributed by atoms with E-state index in [-0.39, 0.29) is 25.6 Å². The lowest BCUT2D eigenvalue weighted by Gasteiger charge is -2.23. The zero-order chi connectivity index (χ0) is 13.3. The van der Waals surface area contributed by atoms with Gasteiger partial charge in [-0.05, 0) is 6.92 Å². The largest absolute Gasteiger partial charge is 0.466 e. The first kappa shape index (κ1) is 12.7. The van der Waals surface area contributed by atoms with Gasteiger partial charge in [0.2, 0.25) is 5.95 Å². The van der Waals surface area contributed by atoms with Crippen molar-refractivity contribution >= 4 is 11.9 Å². The Balaban J connectivity index is 2.15. The zero-order valence-corrected chi connectivity index (χ0v) is 9.62. The summed E-state index contributed by atoms with van der Waals surface area (Å²) in [5.41, 5.74) is -0.963. The number of fused-ring (bicyclic) bond motifs is 1. The normalized spacial score (nSPS) is 19.0. The van der Waals surface area contributed by atoms with Crippen LogP contribution < -0.4 is 5.32 Å². The summed E-state index contributed by atoms with van der Waals surface area (Å²) in [5, 5.41) is 2.70. The Bertz CT molecular complexity index is 456. The summed E-state index contributed by atoms with van der Waals surface area (Å²) in [5.74, 6) is -0.784. The van der Waals surface area contributed by atoms with Gasteiger partial charge in [-0.25, -0.2) is 4.98 Å². The van der Waals surface area contributed by atoms with Crippen molar-refractivity contribution in [1.29, 1.82) is 0 Å². The summed E-state index contributed by atoms with van der Waals surface area (Å²) in [4.78, 5) is 14.9. The number of alkyl halides is 3. The molecule has 1 N–H and O–H groups in total. The standard InChI is InChI=1S/C10H12F3N3O2/c1-2-18-8(17)6-3-14-9-15-7(10(11,12)13)5-16(9)4-6/h5-6H,2-4H2,1H3,(H,14,15). The van der Waals surface area contributed by atoms with E-state index in [1.807, 2.05) is 0 Å². The molecule has 1 aromatic rings. The molecule has 0 amide bonds. The van der Waals surface area contributed by atoms with E-state index >= 15 is 0 Å². The predicted molar refractivity (Wildman–Crippen MR) is 55.8 cm³/mol. The Labute approximate surface area is 101 Å². The second-order valence-corrected chi connectivity index (χ2v) is 3.93. The molecule has 1 unspecified atom stereocenters. The maximum atomic E-state index is 12.5. The number of carbonyl (C=O) groups excluding carboxylic acids is 1. The van der Waals surface area contributed by atoms with Gasteiger partial charge in [-0.15, -0.1) is 0 Å². The molecule has 100 valence electrons. The molecule has 0 bridgehead atoms. The Morgan fingerprint density at radius 3 is 3.00 bits per heavy atom. The minimum absolute atomic E-state index is 0.128. The number of rotatable bonds is 2. The van der Waals surface area contributed by atoms with Crippen molar-refractivity contribution < 1.29 is 22.7 Å². The van der Waals surface area contributed by atoms with Crippen molar-refractivity contribution in [2.45, 2.75) is 19.6 Å². The predicted octanol–water partition coefficient (Wildman–Crippen LogP) is 1.51. The monoisotopic (exact) mass is 263 g/mol. The summed E-state index contributed by atoms with van der Waals surface area (Å²) >= 11 is 0. The highest BCUT2D eigenvalue weighted by Crippen LogP contribution is 2.30. The minimum Gasteiger partial charge on any atom is -0.466 e. The molecule has 5 nitrogen and oxygen atoms in total. The summed E-state index contributed by atoms with van der Waals surface area (Å²) in [7, 11) is 0. The Morgan fingerprint density at radius 1 is 1.67 bits per heavy atom. The van der Waals surface area contributed by atoms with Crippen LogP contribution in [0.1, 0.15) is 12.6 Å². The zero-order valence-electron chi connectivity index (χ0n) is 9.62. The number of nitrogens with zero attached hydrogens (tertiary/aromatic N) is 2. The van der Waals surface area contributed by atoms with Crippen molar-refractivity contribution in [3.8, 4) is 0 Å². The minimum atomic E-state index is -4.48. The smallest absolute Gasteiger partial charge is 0.434 e. The van der Waals surface area contributed by atoms with Crippen LogP contribution in [0.15, 0.2) is 6.20 Å². The van der Waals surface area contributed by atoms with E-state index in [1.54, 1.807) is 6.92 Å². The number of halogens is 3. The van der Waals surface area contributed by atoms with Crippen molar-refractivity contribution in [1.82, 2.24) is 9.55 Å². The van der Waals surface area contributed by atoms with Gasteiger partial charge in [0, 0.05) is 19.3 Å². The van der Waals surface area contributed by atoms with E-state index < -0.39 is 23.8 Å². The lowest BCUT2D eigenvalue weighted by molar-refractivity contribution is -0.148. The number of imidazole rings is 1. The average Bonchev–Trinajstić information content (AvgIpc) is 2.71. The van der Waals surface area contributed by atoms with Gasteiger partial charge in [0.15, 0.2) is 5.69 Å². The molecular formula is C10H12F3N3O2. The molecule has 2 heterocycles. The first-order valence-electron chi connectivity index (χ1n) is 5.46. The molecule has 1 aromatic heterocycles. The molecule has 1 aliphatic rings. The molecule has 0 fully saturated rings. The van der Waals surface area contributed by atoms with Crippen molar-refractivity contribution in [3.63, 3.8) is 0 Å². The van der Waals surface area contributed by atoms with Crippen LogP contribution in [0.4, 0.5) is 19.1 Å². The van der Waals surface area contributed by atoms with E-state index in [1.165, 1.54) is 4.57 Å². The summed E-state index contributed by atoms with van der Waals surface area (Å²) in [6.07, 6.45) is -3.58. The Morgan fingerprint density at radius 2 is 2.39 bits per heavy atom. The Hall–Kier alpha value is -1.73. The molecule has 0 saturated heterocycles. The summed E-state index contributed by atoms with van der Waals surface area (Å²) in [6.45, 7) is 2.30. The van der Waals surface area contributed by atoms with Crippen molar-refractivity contribution in [2.75, 3.05) is 18.5 Å². The van der Waals surface area contributed by atoms with Crippen molar-refractivity contribution in [3.05, 3.63) is 11.9 Å². The van der Waals surface area contributed by atoms with Crippen LogP contribution in [-0.2, 0) is 22.3 Å². The highest BCUT2D eigenvalue weighted by Gasteiger charge is 2.36. The highest BCUT2D eigenvalue weighted by molar-refractivity contribution is 5.73. The molecule has 2 rings (SSSR count). The topological polar surface area (TPSA) is 56.1 Å². The number of hydrogen-bond acceptors (Lipinski definition) is 4. The second-order valence-electron chi connectivity index (χ2n) is 3.93. The van der Waals surface area contributed by atoms with Gasteiger partial charge in [-0.3, -0.25) is 4.79 Å². The third kappa shape index (κ3) is 2.41. The van der Waals surface area contributed by atoms with Crippen LogP contribution in [0.25, 0.3) is 0 Å². The quantitative estimate of drug-likeness (QED) is 0.822. The molecule has 0 aliphatic carbocycles. The number of aromatic nitrogens is 2. The molecule has 1 atom stereocenters. The third-order valence-electron chi connectivity index (χ3n) is 2.61.